The summed E-state index contributed by atoms with van der Waals surface area (Å²) in [6.07, 6.45) is 1.46. The van der Waals surface area contributed by atoms with Crippen LogP contribution in [0.3, 0.4) is 0 Å². The molecule has 1 aliphatic heterocycles. The van der Waals surface area contributed by atoms with Gasteiger partial charge in [-0.15, -0.1) is 0 Å². The molecule has 1 atom stereocenters. The zero-order chi connectivity index (χ0) is 21.3. The van der Waals surface area contributed by atoms with E-state index < -0.39 is 6.04 Å². The highest BCUT2D eigenvalue weighted by molar-refractivity contribution is 6.06. The summed E-state index contributed by atoms with van der Waals surface area (Å²) in [6, 6.07) is 12.8. The summed E-state index contributed by atoms with van der Waals surface area (Å²) in [7, 11) is 3.17. The average Bonchev–Trinajstić information content (AvgIpc) is 3.20. The molecule has 8 nitrogen and oxygen atoms in total. The molecule has 8 heteroatoms. The van der Waals surface area contributed by atoms with Gasteiger partial charge in [-0.3, -0.25) is 4.79 Å². The second kappa shape index (κ2) is 7.90. The van der Waals surface area contributed by atoms with Gasteiger partial charge in [0.25, 0.3) is 5.91 Å². The molecule has 1 aromatic heterocycles. The summed E-state index contributed by atoms with van der Waals surface area (Å²) in [5, 5.41) is 10.5. The highest BCUT2D eigenvalue weighted by atomic mass is 16.5. The largest absolute Gasteiger partial charge is 0.493 e. The van der Waals surface area contributed by atoms with Crippen molar-refractivity contribution in [2.45, 2.75) is 19.9 Å². The number of nitrogens with one attached hydrogen (secondary N) is 2. The number of amides is 1. The number of carbonyl (C=O) groups excluding carboxylic acids is 1. The number of rotatable bonds is 5. The number of hydrogen-bond acceptors (Lipinski definition) is 6. The summed E-state index contributed by atoms with van der Waals surface area (Å²) in [5.74, 6) is 1.54. The molecular weight excluding hydrogens is 382 g/mol. The lowest BCUT2D eigenvalue weighted by Gasteiger charge is -2.29. The van der Waals surface area contributed by atoms with Crippen molar-refractivity contribution >= 4 is 17.5 Å². The van der Waals surface area contributed by atoms with Crippen molar-refractivity contribution in [2.24, 2.45) is 0 Å². The molecule has 3 aromatic rings. The third-order valence-corrected chi connectivity index (χ3v) is 5.04. The van der Waals surface area contributed by atoms with Crippen LogP contribution in [0.1, 0.15) is 24.1 Å². The van der Waals surface area contributed by atoms with Gasteiger partial charge >= 0.3 is 0 Å². The molecule has 0 aliphatic carbocycles. The Labute approximate surface area is 174 Å². The molecule has 1 aliphatic rings. The van der Waals surface area contributed by atoms with Gasteiger partial charge in [0.1, 0.15) is 12.4 Å². The average molecular weight is 405 g/mol. The van der Waals surface area contributed by atoms with E-state index in [0.717, 1.165) is 16.8 Å². The molecule has 0 saturated heterocycles. The van der Waals surface area contributed by atoms with Crippen LogP contribution in [0.4, 0.5) is 11.6 Å². The van der Waals surface area contributed by atoms with Crippen LogP contribution in [-0.2, 0) is 4.79 Å². The van der Waals surface area contributed by atoms with Crippen LogP contribution in [0.15, 0.2) is 60.1 Å². The fourth-order valence-corrected chi connectivity index (χ4v) is 3.64. The third kappa shape index (κ3) is 3.47. The molecule has 1 unspecified atom stereocenters. The fraction of sp³-hybridized carbons (Fsp3) is 0.227. The Hall–Kier alpha value is -3.81. The van der Waals surface area contributed by atoms with E-state index in [2.05, 4.69) is 20.7 Å². The van der Waals surface area contributed by atoms with Gasteiger partial charge in [-0.1, -0.05) is 18.2 Å². The standard InChI is InChI=1S/C22H23N5O3/c1-13-6-5-7-16(10-13)26-21(28)19-14(2)25-22-23-12-24-27(22)20(19)15-8-9-17(29-3)18(11-15)30-4/h5-12,20H,1-4H3,(H,26,28)(H,23,24,25). The van der Waals surface area contributed by atoms with Gasteiger partial charge < -0.3 is 20.1 Å². The Kier molecular flexibility index (Phi) is 5.14. The number of benzene rings is 2. The van der Waals surface area contributed by atoms with Gasteiger partial charge in [0.15, 0.2) is 11.5 Å². The van der Waals surface area contributed by atoms with Crippen LogP contribution in [0.5, 0.6) is 11.5 Å². The lowest BCUT2D eigenvalue weighted by Crippen LogP contribution is -2.31. The van der Waals surface area contributed by atoms with Crippen LogP contribution >= 0.6 is 0 Å². The molecule has 0 spiro atoms. The summed E-state index contributed by atoms with van der Waals surface area (Å²) >= 11 is 0. The number of carbonyl (C=O) groups is 1. The first-order chi connectivity index (χ1) is 14.5. The van der Waals surface area contributed by atoms with Crippen molar-refractivity contribution in [1.82, 2.24) is 14.8 Å². The van der Waals surface area contributed by atoms with E-state index in [1.165, 1.54) is 6.33 Å². The van der Waals surface area contributed by atoms with Gasteiger partial charge in [0.2, 0.25) is 5.95 Å². The van der Waals surface area contributed by atoms with E-state index in [-0.39, 0.29) is 5.91 Å². The molecule has 154 valence electrons. The van der Waals surface area contributed by atoms with Crippen LogP contribution in [0.2, 0.25) is 0 Å². The number of ether oxygens (including phenoxy) is 2. The second-order valence-corrected chi connectivity index (χ2v) is 7.03. The van der Waals surface area contributed by atoms with Crippen LogP contribution in [-0.4, -0.2) is 34.9 Å². The van der Waals surface area contributed by atoms with E-state index in [1.807, 2.05) is 56.3 Å². The summed E-state index contributed by atoms with van der Waals surface area (Å²) in [6.45, 7) is 3.84. The van der Waals surface area contributed by atoms with Gasteiger partial charge in [0, 0.05) is 11.4 Å². The van der Waals surface area contributed by atoms with E-state index >= 15 is 0 Å². The Balaban J connectivity index is 1.78. The summed E-state index contributed by atoms with van der Waals surface area (Å²) in [4.78, 5) is 17.6. The number of aryl methyl sites for hydroxylation is 1. The molecule has 0 fully saturated rings. The maximum absolute atomic E-state index is 13.4. The Bertz CT molecular complexity index is 1140. The summed E-state index contributed by atoms with van der Waals surface area (Å²) in [5.41, 5.74) is 3.88. The predicted molar refractivity (Wildman–Crippen MR) is 114 cm³/mol. The normalized spacial score (nSPS) is 15.3. The van der Waals surface area contributed by atoms with Crippen molar-refractivity contribution in [2.75, 3.05) is 24.9 Å². The zero-order valence-electron chi connectivity index (χ0n) is 17.3. The highest BCUT2D eigenvalue weighted by Gasteiger charge is 2.34. The van der Waals surface area contributed by atoms with Crippen LogP contribution in [0.25, 0.3) is 0 Å². The first kappa shape index (κ1) is 19.5. The maximum Gasteiger partial charge on any atom is 0.255 e. The summed E-state index contributed by atoms with van der Waals surface area (Å²) < 4.78 is 12.5. The van der Waals surface area contributed by atoms with E-state index in [0.29, 0.717) is 28.7 Å². The monoisotopic (exact) mass is 405 g/mol. The van der Waals surface area contributed by atoms with Crippen LogP contribution < -0.4 is 20.1 Å². The number of anilines is 2. The third-order valence-electron chi connectivity index (χ3n) is 5.04. The smallest absolute Gasteiger partial charge is 0.255 e. The predicted octanol–water partition coefficient (Wildman–Crippen LogP) is 3.53. The van der Waals surface area contributed by atoms with Crippen molar-refractivity contribution in [3.8, 4) is 11.5 Å². The highest BCUT2D eigenvalue weighted by Crippen LogP contribution is 2.38. The lowest BCUT2D eigenvalue weighted by atomic mass is 9.94. The van der Waals surface area contributed by atoms with E-state index in [1.54, 1.807) is 18.9 Å². The molecule has 0 radical (unpaired) electrons. The van der Waals surface area contributed by atoms with Gasteiger partial charge in [0.05, 0.1) is 19.8 Å². The van der Waals surface area contributed by atoms with Crippen molar-refractivity contribution in [1.29, 1.82) is 0 Å². The minimum Gasteiger partial charge on any atom is -0.493 e. The molecule has 2 heterocycles. The van der Waals surface area contributed by atoms with Crippen LogP contribution in [0, 0.1) is 6.92 Å². The Morgan fingerprint density at radius 2 is 1.90 bits per heavy atom. The minimum absolute atomic E-state index is 0.216. The first-order valence-electron chi connectivity index (χ1n) is 9.49. The maximum atomic E-state index is 13.4. The number of aromatic nitrogens is 3. The lowest BCUT2D eigenvalue weighted by molar-refractivity contribution is -0.113. The molecule has 0 saturated carbocycles. The topological polar surface area (TPSA) is 90.3 Å². The zero-order valence-corrected chi connectivity index (χ0v) is 17.3. The van der Waals surface area contributed by atoms with Gasteiger partial charge in [-0.05, 0) is 49.2 Å². The number of fused-ring (bicyclic) bond motifs is 1. The fourth-order valence-electron chi connectivity index (χ4n) is 3.64. The Morgan fingerprint density at radius 3 is 2.63 bits per heavy atom. The van der Waals surface area contributed by atoms with Crippen molar-refractivity contribution in [3.63, 3.8) is 0 Å². The van der Waals surface area contributed by atoms with Gasteiger partial charge in [-0.25, -0.2) is 4.68 Å². The van der Waals surface area contributed by atoms with E-state index in [9.17, 15) is 4.79 Å². The molecule has 0 bridgehead atoms. The number of allylic oxidation sites excluding steroid dienone is 1. The molecule has 1 amide bonds. The Morgan fingerprint density at radius 1 is 1.10 bits per heavy atom. The molecular formula is C22H23N5O3. The minimum atomic E-state index is -0.478. The number of nitrogens with zero attached hydrogens (tertiary/aromatic N) is 3. The second-order valence-electron chi connectivity index (χ2n) is 7.03. The molecule has 4 rings (SSSR count). The SMILES string of the molecule is COc1ccc(C2C(C(=O)Nc3cccc(C)c3)=C(C)Nc3ncnn32)cc1OC. The van der Waals surface area contributed by atoms with Crippen molar-refractivity contribution < 1.29 is 14.3 Å². The van der Waals surface area contributed by atoms with E-state index in [4.69, 9.17) is 9.47 Å². The number of hydrogen-bond donors (Lipinski definition) is 2. The van der Waals surface area contributed by atoms with Crippen molar-refractivity contribution in [3.05, 3.63) is 71.2 Å². The number of methoxy groups -OCH3 is 2. The quantitative estimate of drug-likeness (QED) is 0.675. The molecule has 2 aromatic carbocycles. The molecule has 30 heavy (non-hydrogen) atoms. The van der Waals surface area contributed by atoms with Gasteiger partial charge in [-0.2, -0.15) is 10.1 Å². The first-order valence-corrected chi connectivity index (χ1v) is 9.49. The molecule has 2 N–H and O–H groups in total.